The van der Waals surface area contributed by atoms with Crippen molar-refractivity contribution in [1.29, 1.82) is 0 Å². The number of ether oxygens (including phenoxy) is 1. The number of hydrogen-bond donors (Lipinski definition) is 2. The zero-order valence-electron chi connectivity index (χ0n) is 22.8. The Labute approximate surface area is 243 Å². The predicted octanol–water partition coefficient (Wildman–Crippen LogP) is 5.04. The van der Waals surface area contributed by atoms with E-state index in [-0.39, 0.29) is 42.8 Å². The highest BCUT2D eigenvalue weighted by molar-refractivity contribution is 7.13. The number of rotatable bonds is 12. The highest BCUT2D eigenvalue weighted by Crippen LogP contribution is 2.29. The zero-order valence-corrected chi connectivity index (χ0v) is 23.6. The first-order chi connectivity index (χ1) is 20.0. The lowest BCUT2D eigenvalue weighted by molar-refractivity contribution is -0.121. The molecule has 1 aromatic heterocycles. The quantitative estimate of drug-likeness (QED) is 0.250. The number of methoxy groups -OCH3 is 1. The highest BCUT2D eigenvalue weighted by atomic mass is 32.1. The molecule has 8 nitrogen and oxygen atoms in total. The van der Waals surface area contributed by atoms with Crippen LogP contribution in [-0.4, -0.2) is 47.3 Å². The summed E-state index contributed by atoms with van der Waals surface area (Å²) >= 11 is 1.26. The van der Waals surface area contributed by atoms with E-state index in [0.29, 0.717) is 28.6 Å². The fourth-order valence-corrected chi connectivity index (χ4v) is 5.34. The van der Waals surface area contributed by atoms with E-state index in [1.165, 1.54) is 11.3 Å². The normalized spacial score (nSPS) is 13.2. The molecule has 0 radical (unpaired) electrons. The Morgan fingerprint density at radius 2 is 1.63 bits per heavy atom. The summed E-state index contributed by atoms with van der Waals surface area (Å²) in [6, 6.07) is 26.7. The lowest BCUT2D eigenvalue weighted by Gasteiger charge is -2.21. The van der Waals surface area contributed by atoms with Gasteiger partial charge >= 0.3 is 0 Å². The van der Waals surface area contributed by atoms with Crippen LogP contribution in [0.1, 0.15) is 46.1 Å². The second-order valence-electron chi connectivity index (χ2n) is 9.98. The molecule has 0 saturated heterocycles. The fraction of sp³-hybridized carbons (Fsp3) is 0.250. The average molecular weight is 569 g/mol. The molecule has 1 aliphatic carbocycles. The summed E-state index contributed by atoms with van der Waals surface area (Å²) in [7, 11) is 1.57. The summed E-state index contributed by atoms with van der Waals surface area (Å²) in [5, 5.41) is 8.11. The van der Waals surface area contributed by atoms with Crippen molar-refractivity contribution in [2.24, 2.45) is 0 Å². The monoisotopic (exact) mass is 568 g/mol. The lowest BCUT2D eigenvalue weighted by atomic mass is 9.98. The third-order valence-electron chi connectivity index (χ3n) is 6.86. The van der Waals surface area contributed by atoms with Gasteiger partial charge in [-0.05, 0) is 54.7 Å². The number of nitrogens with zero attached hydrogens (tertiary/aromatic N) is 2. The zero-order chi connectivity index (χ0) is 28.6. The van der Waals surface area contributed by atoms with Gasteiger partial charge in [0.25, 0.3) is 5.91 Å². The topological polar surface area (TPSA) is 101 Å². The summed E-state index contributed by atoms with van der Waals surface area (Å²) in [4.78, 5) is 45.0. The molecule has 41 heavy (non-hydrogen) atoms. The summed E-state index contributed by atoms with van der Waals surface area (Å²) in [6.45, 7) is -0.0663. The smallest absolute Gasteiger partial charge is 0.254 e. The van der Waals surface area contributed by atoms with Crippen molar-refractivity contribution in [3.8, 4) is 5.75 Å². The van der Waals surface area contributed by atoms with E-state index < -0.39 is 0 Å². The standard InChI is InChI=1S/C32H32N4O4S/c1-40-27-16-12-24(13-17-27)31(39)36(26-14-15-26)20-30(38)35-32-33-25(21-41-32)19-29(37)34-28(23-10-6-3-7-11-23)18-22-8-4-2-5-9-22/h2-13,16-17,21,26,28H,14-15,18-20H2,1H3,(H,34,37)(H,33,35,38). The first-order valence-corrected chi connectivity index (χ1v) is 14.4. The number of thiazole rings is 1. The molecule has 3 aromatic carbocycles. The molecule has 1 saturated carbocycles. The van der Waals surface area contributed by atoms with Crippen molar-refractivity contribution in [3.63, 3.8) is 0 Å². The van der Waals surface area contributed by atoms with Crippen LogP contribution >= 0.6 is 11.3 Å². The number of hydrogen-bond acceptors (Lipinski definition) is 6. The van der Waals surface area contributed by atoms with E-state index in [1.54, 1.807) is 41.7 Å². The van der Waals surface area contributed by atoms with Gasteiger partial charge in [0.15, 0.2) is 5.13 Å². The van der Waals surface area contributed by atoms with Crippen LogP contribution in [0.5, 0.6) is 5.75 Å². The molecular formula is C32H32N4O4S. The first kappa shape index (κ1) is 28.0. The molecule has 1 aliphatic rings. The number of nitrogens with one attached hydrogen (secondary N) is 2. The van der Waals surface area contributed by atoms with Gasteiger partial charge in [0.2, 0.25) is 11.8 Å². The van der Waals surface area contributed by atoms with Crippen molar-refractivity contribution >= 4 is 34.2 Å². The second-order valence-corrected chi connectivity index (χ2v) is 10.8. The van der Waals surface area contributed by atoms with Crippen LogP contribution in [0.3, 0.4) is 0 Å². The van der Waals surface area contributed by atoms with Crippen LogP contribution in [0.15, 0.2) is 90.3 Å². The number of carbonyl (C=O) groups is 3. The van der Waals surface area contributed by atoms with Crippen LogP contribution in [0.4, 0.5) is 5.13 Å². The number of amides is 3. The van der Waals surface area contributed by atoms with Gasteiger partial charge in [-0.3, -0.25) is 14.4 Å². The third-order valence-corrected chi connectivity index (χ3v) is 7.67. The van der Waals surface area contributed by atoms with Gasteiger partial charge in [0, 0.05) is 17.0 Å². The molecule has 0 aliphatic heterocycles. The van der Waals surface area contributed by atoms with E-state index in [1.807, 2.05) is 60.7 Å². The Bertz CT molecular complexity index is 1470. The summed E-state index contributed by atoms with van der Waals surface area (Å²) in [5.74, 6) is 0.00153. The van der Waals surface area contributed by atoms with Crippen molar-refractivity contribution in [1.82, 2.24) is 15.2 Å². The van der Waals surface area contributed by atoms with Crippen LogP contribution in [0, 0.1) is 0 Å². The second kappa shape index (κ2) is 13.2. The molecule has 3 amide bonds. The van der Waals surface area contributed by atoms with Crippen molar-refractivity contribution in [2.45, 2.75) is 37.8 Å². The minimum absolute atomic E-state index is 0.0550. The van der Waals surface area contributed by atoms with Crippen molar-refractivity contribution in [3.05, 3.63) is 113 Å². The molecule has 2 N–H and O–H groups in total. The van der Waals surface area contributed by atoms with Gasteiger partial charge in [0.05, 0.1) is 25.3 Å². The van der Waals surface area contributed by atoms with E-state index >= 15 is 0 Å². The highest BCUT2D eigenvalue weighted by Gasteiger charge is 2.34. The van der Waals surface area contributed by atoms with Crippen molar-refractivity contribution < 1.29 is 19.1 Å². The van der Waals surface area contributed by atoms with Gasteiger partial charge in [-0.1, -0.05) is 60.7 Å². The number of aromatic nitrogens is 1. The Morgan fingerprint density at radius 3 is 2.29 bits per heavy atom. The van der Waals surface area contributed by atoms with Gasteiger partial charge in [0.1, 0.15) is 12.3 Å². The molecule has 9 heteroatoms. The van der Waals surface area contributed by atoms with E-state index in [0.717, 1.165) is 24.0 Å². The average Bonchev–Trinajstić information content (AvgIpc) is 3.76. The van der Waals surface area contributed by atoms with Crippen LogP contribution < -0.4 is 15.4 Å². The minimum atomic E-state index is -0.323. The van der Waals surface area contributed by atoms with Crippen molar-refractivity contribution in [2.75, 3.05) is 19.0 Å². The predicted molar refractivity (Wildman–Crippen MR) is 159 cm³/mol. The summed E-state index contributed by atoms with van der Waals surface area (Å²) in [6.07, 6.45) is 2.51. The Morgan fingerprint density at radius 1 is 0.951 bits per heavy atom. The largest absolute Gasteiger partial charge is 0.497 e. The number of anilines is 1. The number of carbonyl (C=O) groups excluding carboxylic acids is 3. The Hall–Kier alpha value is -4.50. The molecule has 0 spiro atoms. The van der Waals surface area contributed by atoms with Crippen LogP contribution in [0.2, 0.25) is 0 Å². The van der Waals surface area contributed by atoms with E-state index in [4.69, 9.17) is 4.74 Å². The number of benzene rings is 3. The molecule has 4 aromatic rings. The third kappa shape index (κ3) is 7.79. The van der Waals surface area contributed by atoms with Crippen LogP contribution in [-0.2, 0) is 22.4 Å². The summed E-state index contributed by atoms with van der Waals surface area (Å²) < 4.78 is 5.17. The maximum Gasteiger partial charge on any atom is 0.254 e. The molecule has 210 valence electrons. The maximum absolute atomic E-state index is 13.1. The maximum atomic E-state index is 13.1. The van der Waals surface area contributed by atoms with E-state index in [9.17, 15) is 14.4 Å². The summed E-state index contributed by atoms with van der Waals surface area (Å²) in [5.41, 5.74) is 3.24. The van der Waals surface area contributed by atoms with Gasteiger partial charge in [-0.25, -0.2) is 4.98 Å². The molecule has 1 heterocycles. The van der Waals surface area contributed by atoms with Gasteiger partial charge in [-0.2, -0.15) is 0 Å². The Balaban J connectivity index is 1.17. The lowest BCUT2D eigenvalue weighted by Crippen LogP contribution is -2.39. The molecule has 0 bridgehead atoms. The molecule has 5 rings (SSSR count). The molecular weight excluding hydrogens is 536 g/mol. The molecule has 1 atom stereocenters. The molecule has 1 unspecified atom stereocenters. The molecule has 1 fully saturated rings. The van der Waals surface area contributed by atoms with Crippen LogP contribution in [0.25, 0.3) is 0 Å². The first-order valence-electron chi connectivity index (χ1n) is 13.6. The van der Waals surface area contributed by atoms with Gasteiger partial charge in [-0.15, -0.1) is 11.3 Å². The van der Waals surface area contributed by atoms with E-state index in [2.05, 4.69) is 15.6 Å². The Kier molecular flexibility index (Phi) is 9.05. The minimum Gasteiger partial charge on any atom is -0.497 e. The SMILES string of the molecule is COc1ccc(C(=O)N(CC(=O)Nc2nc(CC(=O)NC(Cc3ccccc3)c3ccccc3)cs2)C2CC2)cc1. The van der Waals surface area contributed by atoms with Gasteiger partial charge < -0.3 is 20.3 Å². The fourth-order valence-electron chi connectivity index (χ4n) is 4.61.